The molecule has 0 unspecified atom stereocenters. The summed E-state index contributed by atoms with van der Waals surface area (Å²) in [5.41, 5.74) is 19.0. The second-order valence-electron chi connectivity index (χ2n) is 25.2. The number of nitrogens with zero attached hydrogens (tertiary/aromatic N) is 14. The average Bonchev–Trinajstić information content (AvgIpc) is 0.833. The van der Waals surface area contributed by atoms with E-state index >= 15 is 0 Å². The van der Waals surface area contributed by atoms with Gasteiger partial charge >= 0.3 is 0 Å². The van der Waals surface area contributed by atoms with Crippen LogP contribution in [0.25, 0.3) is 49.4 Å². The summed E-state index contributed by atoms with van der Waals surface area (Å²) >= 11 is 6.27. The van der Waals surface area contributed by atoms with Crippen LogP contribution in [-0.2, 0) is 6.42 Å². The van der Waals surface area contributed by atoms with Crippen molar-refractivity contribution in [2.45, 2.75) is 111 Å². The Morgan fingerprint density at radius 2 is 1.16 bits per heavy atom. The van der Waals surface area contributed by atoms with E-state index in [0.717, 1.165) is 124 Å². The first-order chi connectivity index (χ1) is 44.8. The zero-order chi connectivity index (χ0) is 65.8. The van der Waals surface area contributed by atoms with E-state index < -0.39 is 0 Å². The number of fused-ring (bicyclic) bond motifs is 2. The normalized spacial score (nSPS) is 13.5. The van der Waals surface area contributed by atoms with Gasteiger partial charge in [0.1, 0.15) is 40.3 Å². The number of hydrogen-bond acceptors (Lipinski definition) is 18. The minimum Gasteiger partial charge on any atom is -0.399 e. The predicted molar refractivity (Wildman–Crippen MR) is 372 cm³/mol. The van der Waals surface area contributed by atoms with Gasteiger partial charge in [-0.15, -0.1) is 0 Å². The van der Waals surface area contributed by atoms with Crippen LogP contribution in [0.4, 0.5) is 45.8 Å². The summed E-state index contributed by atoms with van der Waals surface area (Å²) in [5, 5.41) is 46.1. The molecule has 93 heavy (non-hydrogen) atoms. The summed E-state index contributed by atoms with van der Waals surface area (Å²) in [6.07, 6.45) is 14.5. The third kappa shape index (κ3) is 16.3. The number of anilines is 7. The third-order valence-electron chi connectivity index (χ3n) is 16.0. The Bertz CT molecular complexity index is 4480. The van der Waals surface area contributed by atoms with Crippen molar-refractivity contribution in [3.8, 4) is 41.0 Å². The molecule has 0 spiro atoms. The molecule has 20 heteroatoms. The molecular weight excluding hydrogens is 1180 g/mol. The summed E-state index contributed by atoms with van der Waals surface area (Å²) in [4.78, 5) is 43.4. The number of nitrogens with two attached hydrogens (primary N) is 1. The number of rotatable bonds is 12. The molecule has 19 nitrogen and oxygen atoms in total. The van der Waals surface area contributed by atoms with Crippen LogP contribution in [0, 0.1) is 54.4 Å². The standard InChI is InChI=1S/C37H37N9.C19H23ClN4.C17H14N6/c1-24-18-29(12-11-25(24)19-33-27(20-38)23-41-35(44-33)26-8-7-15-40-22-26)42-36-31(21-39)34(30-9-5-6-10-32(30)43-36)46-16-13-28(14-17-46)45-37(2,3)4;1-19(2,3)23-13-8-10-24(11-9-13)17-14-6-4-5-7-16(14)22-18(20)15(17)12-21;1-11-8-13(18)5-6-14(11)22-17-15(19-2)10-21-16(23-17)12-4-3-7-20-9-12/h5-12,15,18,22-23,28,45H,13-14,16-17,19H2,1-4H3,(H,42,43);4-7,13,23H,8-11H2,1-3H3;3-10H,18H2,1H3,(H,21,22,23). The summed E-state index contributed by atoms with van der Waals surface area (Å²) in [6.45, 7) is 28.0. The van der Waals surface area contributed by atoms with Gasteiger partial charge in [-0.1, -0.05) is 54.1 Å². The van der Waals surface area contributed by atoms with Crippen LogP contribution in [-0.4, -0.2) is 89.2 Å². The van der Waals surface area contributed by atoms with E-state index in [2.05, 4.69) is 132 Å². The average molecular weight is 1250 g/mol. The number of piperidine rings is 2. The zero-order valence-corrected chi connectivity index (χ0v) is 54.3. The fourth-order valence-electron chi connectivity index (χ4n) is 11.7. The molecule has 0 aliphatic carbocycles. The van der Waals surface area contributed by atoms with Crippen LogP contribution < -0.4 is 36.8 Å². The molecule has 2 aliphatic rings. The van der Waals surface area contributed by atoms with Gasteiger partial charge in [0.05, 0.1) is 40.2 Å². The molecule has 2 fully saturated rings. The number of para-hydroxylation sites is 2. The monoisotopic (exact) mass is 1250 g/mol. The lowest BCUT2D eigenvalue weighted by Crippen LogP contribution is -2.49. The number of aryl methyl sites for hydroxylation is 2. The van der Waals surface area contributed by atoms with Crippen molar-refractivity contribution in [3.63, 3.8) is 0 Å². The Morgan fingerprint density at radius 3 is 1.69 bits per heavy atom. The summed E-state index contributed by atoms with van der Waals surface area (Å²) in [5.74, 6) is 2.06. The maximum atomic E-state index is 10.5. The molecule has 0 amide bonds. The van der Waals surface area contributed by atoms with E-state index in [9.17, 15) is 15.8 Å². The van der Waals surface area contributed by atoms with Crippen molar-refractivity contribution in [1.29, 1.82) is 15.8 Å². The van der Waals surface area contributed by atoms with Crippen LogP contribution in [0.15, 0.2) is 146 Å². The van der Waals surface area contributed by atoms with Gasteiger partial charge in [-0.25, -0.2) is 34.7 Å². The highest BCUT2D eigenvalue weighted by Gasteiger charge is 2.29. The molecule has 6 N–H and O–H groups in total. The maximum Gasteiger partial charge on any atom is 0.246 e. The molecule has 2 saturated heterocycles. The second kappa shape index (κ2) is 29.1. The topological polar surface area (TPSA) is 259 Å². The van der Waals surface area contributed by atoms with Gasteiger partial charge in [-0.2, -0.15) is 15.8 Å². The third-order valence-corrected chi connectivity index (χ3v) is 16.3. The molecule has 468 valence electrons. The van der Waals surface area contributed by atoms with Crippen molar-refractivity contribution in [2.24, 2.45) is 0 Å². The van der Waals surface area contributed by atoms with Crippen molar-refractivity contribution in [1.82, 2.24) is 50.5 Å². The van der Waals surface area contributed by atoms with Crippen LogP contribution in [0.1, 0.15) is 106 Å². The minimum atomic E-state index is 0.0639. The summed E-state index contributed by atoms with van der Waals surface area (Å²) in [7, 11) is 0. The van der Waals surface area contributed by atoms with Gasteiger partial charge in [0, 0.05) is 132 Å². The minimum absolute atomic E-state index is 0.0639. The first-order valence-corrected chi connectivity index (χ1v) is 31.3. The molecule has 0 atom stereocenters. The van der Waals surface area contributed by atoms with Crippen LogP contribution in [0.3, 0.4) is 0 Å². The fourth-order valence-corrected chi connectivity index (χ4v) is 12.0. The van der Waals surface area contributed by atoms with Gasteiger partial charge in [0.15, 0.2) is 17.5 Å². The second-order valence-corrected chi connectivity index (χ2v) is 25.6. The lowest BCUT2D eigenvalue weighted by Gasteiger charge is -2.38. The number of nitrogen functional groups attached to an aromatic ring is 1. The van der Waals surface area contributed by atoms with Crippen molar-refractivity contribution < 1.29 is 0 Å². The number of pyridine rings is 4. The van der Waals surface area contributed by atoms with Crippen molar-refractivity contribution in [3.05, 3.63) is 202 Å². The van der Waals surface area contributed by atoms with E-state index in [1.165, 1.54) is 6.20 Å². The SMILES string of the molecule is CC(C)(C)NC1CCN(c2c(C#N)c(Cl)nc3ccccc23)CC1.Cc1cc(Nc2nc3ccccc3c(N3CCC(NC(C)(C)C)CC3)c2C#N)ccc1Cc1nc(-c2cccnc2)ncc1C#N.[C-]#[N+]c1cnc(-c2cccnc2)nc1Nc1ccc(N)cc1C. The first-order valence-electron chi connectivity index (χ1n) is 31.0. The zero-order valence-electron chi connectivity index (χ0n) is 53.6. The van der Waals surface area contributed by atoms with Crippen LogP contribution in [0.5, 0.6) is 0 Å². The Kier molecular flexibility index (Phi) is 20.4. The Hall–Kier alpha value is -10.7. The smallest absolute Gasteiger partial charge is 0.246 e. The van der Waals surface area contributed by atoms with Gasteiger partial charge in [-0.3, -0.25) is 9.97 Å². The van der Waals surface area contributed by atoms with Crippen LogP contribution >= 0.6 is 11.6 Å². The first kappa shape index (κ1) is 65.3. The van der Waals surface area contributed by atoms with E-state index in [4.69, 9.17) is 33.9 Å². The molecule has 4 aromatic carbocycles. The van der Waals surface area contributed by atoms with Crippen molar-refractivity contribution in [2.75, 3.05) is 52.3 Å². The predicted octanol–water partition coefficient (Wildman–Crippen LogP) is 14.7. The Morgan fingerprint density at radius 1 is 0.602 bits per heavy atom. The van der Waals surface area contributed by atoms with E-state index in [-0.39, 0.29) is 11.1 Å². The highest BCUT2D eigenvalue weighted by molar-refractivity contribution is 6.31. The number of halogens is 1. The molecule has 8 heterocycles. The van der Waals surface area contributed by atoms with Gasteiger partial charge in [0.25, 0.3) is 0 Å². The number of nitrogens with one attached hydrogen (secondary N) is 4. The quantitative estimate of drug-likeness (QED) is 0.0433. The Labute approximate surface area is 548 Å². The highest BCUT2D eigenvalue weighted by Crippen LogP contribution is 2.39. The van der Waals surface area contributed by atoms with Crippen molar-refractivity contribution >= 4 is 79.2 Å². The molecule has 6 aromatic heterocycles. The molecule has 0 saturated carbocycles. The maximum absolute atomic E-state index is 10.5. The largest absolute Gasteiger partial charge is 0.399 e. The summed E-state index contributed by atoms with van der Waals surface area (Å²) < 4.78 is 0. The number of hydrogen-bond donors (Lipinski definition) is 5. The molecule has 0 radical (unpaired) electrons. The molecule has 0 bridgehead atoms. The Balaban J connectivity index is 0.000000169. The summed E-state index contributed by atoms with van der Waals surface area (Å²) in [6, 6.07) is 42.9. The molecule has 2 aliphatic heterocycles. The van der Waals surface area contributed by atoms with Gasteiger partial charge in [0.2, 0.25) is 5.69 Å². The number of benzene rings is 4. The van der Waals surface area contributed by atoms with Crippen LogP contribution in [0.2, 0.25) is 5.15 Å². The number of nitriles is 3. The van der Waals surface area contributed by atoms with E-state index in [1.54, 1.807) is 37.1 Å². The molecule has 12 rings (SSSR count). The van der Waals surface area contributed by atoms with Gasteiger partial charge < -0.3 is 36.8 Å². The number of aromatic nitrogens is 8. The van der Waals surface area contributed by atoms with E-state index in [1.807, 2.05) is 111 Å². The van der Waals surface area contributed by atoms with Gasteiger partial charge in [-0.05, 0) is 164 Å². The molecule has 10 aromatic rings. The lowest BCUT2D eigenvalue weighted by molar-refractivity contribution is 0.317. The van der Waals surface area contributed by atoms with E-state index in [0.29, 0.717) is 80.7 Å². The highest BCUT2D eigenvalue weighted by atomic mass is 35.5. The lowest BCUT2D eigenvalue weighted by atomic mass is 9.98. The fraction of sp³-hybridized carbons (Fsp3) is 0.288. The molecular formula is C73H74ClN19.